The number of benzene rings is 1. The van der Waals surface area contributed by atoms with E-state index < -0.39 is 11.9 Å². The first-order valence-electron chi connectivity index (χ1n) is 5.28. The van der Waals surface area contributed by atoms with E-state index >= 15 is 0 Å². The third-order valence-electron chi connectivity index (χ3n) is 2.54. The molecule has 0 bridgehead atoms. The third kappa shape index (κ3) is 2.81. The van der Waals surface area contributed by atoms with Gasteiger partial charge in [0.15, 0.2) is 0 Å². The van der Waals surface area contributed by atoms with Crippen LogP contribution in [0.4, 0.5) is 4.39 Å². The summed E-state index contributed by atoms with van der Waals surface area (Å²) in [4.78, 5) is 4.16. The van der Waals surface area contributed by atoms with Crippen LogP contribution in [0.1, 0.15) is 17.3 Å². The molecule has 0 aliphatic rings. The zero-order valence-corrected chi connectivity index (χ0v) is 9.86. The number of rotatable bonds is 3. The molecule has 1 aromatic heterocycles. The summed E-state index contributed by atoms with van der Waals surface area (Å²) in [5.74, 6) is -0.447. The highest BCUT2D eigenvalue weighted by Gasteiger charge is 2.14. The van der Waals surface area contributed by atoms with Crippen LogP contribution in [0.2, 0.25) is 5.02 Å². The Bertz CT molecular complexity index is 502. The number of hydrogen-bond donors (Lipinski definition) is 1. The SMILES string of the molecule is NC(Cc1ccccn1)c1cccc(Cl)c1F. The fourth-order valence-electron chi connectivity index (χ4n) is 1.66. The zero-order chi connectivity index (χ0) is 12.3. The average Bonchev–Trinajstić information content (AvgIpc) is 2.34. The highest BCUT2D eigenvalue weighted by molar-refractivity contribution is 6.30. The monoisotopic (exact) mass is 250 g/mol. The minimum atomic E-state index is -0.447. The Morgan fingerprint density at radius 1 is 1.24 bits per heavy atom. The maximum absolute atomic E-state index is 13.7. The van der Waals surface area contributed by atoms with Crippen molar-refractivity contribution in [2.24, 2.45) is 5.73 Å². The molecule has 2 rings (SSSR count). The van der Waals surface area contributed by atoms with Gasteiger partial charge in [-0.05, 0) is 18.2 Å². The van der Waals surface area contributed by atoms with Crippen LogP contribution in [0.5, 0.6) is 0 Å². The molecule has 1 unspecified atom stereocenters. The Kier molecular flexibility index (Phi) is 3.71. The minimum absolute atomic E-state index is 0.0963. The second-order valence-corrected chi connectivity index (χ2v) is 4.18. The first-order chi connectivity index (χ1) is 8.18. The van der Waals surface area contributed by atoms with Crippen LogP contribution in [-0.2, 0) is 6.42 Å². The molecule has 1 aromatic carbocycles. The summed E-state index contributed by atoms with van der Waals surface area (Å²) in [7, 11) is 0. The lowest BCUT2D eigenvalue weighted by Crippen LogP contribution is -2.15. The summed E-state index contributed by atoms with van der Waals surface area (Å²) in [6.07, 6.45) is 2.18. The van der Waals surface area contributed by atoms with Gasteiger partial charge in [-0.2, -0.15) is 0 Å². The molecule has 0 saturated heterocycles. The Balaban J connectivity index is 2.20. The van der Waals surface area contributed by atoms with E-state index in [0.717, 1.165) is 5.69 Å². The molecule has 2 nitrogen and oxygen atoms in total. The van der Waals surface area contributed by atoms with Crippen molar-refractivity contribution in [2.45, 2.75) is 12.5 Å². The van der Waals surface area contributed by atoms with Crippen LogP contribution in [0.25, 0.3) is 0 Å². The molecule has 0 aliphatic heterocycles. The topological polar surface area (TPSA) is 38.9 Å². The summed E-state index contributed by atoms with van der Waals surface area (Å²) in [6, 6.07) is 9.98. The van der Waals surface area contributed by atoms with Gasteiger partial charge in [-0.3, -0.25) is 4.98 Å². The van der Waals surface area contributed by atoms with Crippen LogP contribution in [0.3, 0.4) is 0 Å². The van der Waals surface area contributed by atoms with Gasteiger partial charge in [0, 0.05) is 29.9 Å². The van der Waals surface area contributed by atoms with Crippen LogP contribution >= 0.6 is 11.6 Å². The quantitative estimate of drug-likeness (QED) is 0.909. The van der Waals surface area contributed by atoms with Crippen molar-refractivity contribution in [1.29, 1.82) is 0 Å². The molecule has 88 valence electrons. The second-order valence-electron chi connectivity index (χ2n) is 3.77. The van der Waals surface area contributed by atoms with E-state index in [-0.39, 0.29) is 5.02 Å². The fraction of sp³-hybridized carbons (Fsp3) is 0.154. The fourth-order valence-corrected chi connectivity index (χ4v) is 1.84. The zero-order valence-electron chi connectivity index (χ0n) is 9.11. The molecule has 17 heavy (non-hydrogen) atoms. The maximum Gasteiger partial charge on any atom is 0.146 e. The number of nitrogens with two attached hydrogens (primary N) is 1. The number of nitrogens with zero attached hydrogens (tertiary/aromatic N) is 1. The summed E-state index contributed by atoms with van der Waals surface area (Å²) < 4.78 is 13.7. The van der Waals surface area contributed by atoms with Crippen molar-refractivity contribution < 1.29 is 4.39 Å². The van der Waals surface area contributed by atoms with Gasteiger partial charge in [-0.1, -0.05) is 29.8 Å². The Morgan fingerprint density at radius 3 is 2.76 bits per heavy atom. The van der Waals surface area contributed by atoms with Crippen molar-refractivity contribution >= 4 is 11.6 Å². The summed E-state index contributed by atoms with van der Waals surface area (Å²) in [6.45, 7) is 0. The maximum atomic E-state index is 13.7. The highest BCUT2D eigenvalue weighted by atomic mass is 35.5. The van der Waals surface area contributed by atoms with Crippen molar-refractivity contribution in [1.82, 2.24) is 4.98 Å². The lowest BCUT2D eigenvalue weighted by molar-refractivity contribution is 0.578. The summed E-state index contributed by atoms with van der Waals surface area (Å²) in [5, 5.41) is 0.0963. The second kappa shape index (κ2) is 5.25. The van der Waals surface area contributed by atoms with Crippen LogP contribution in [0.15, 0.2) is 42.6 Å². The highest BCUT2D eigenvalue weighted by Crippen LogP contribution is 2.23. The largest absolute Gasteiger partial charge is 0.324 e. The first kappa shape index (κ1) is 12.0. The van der Waals surface area contributed by atoms with Crippen molar-refractivity contribution in [3.05, 3.63) is 64.7 Å². The van der Waals surface area contributed by atoms with Gasteiger partial charge < -0.3 is 5.73 Å². The van der Waals surface area contributed by atoms with E-state index in [9.17, 15) is 4.39 Å². The van der Waals surface area contributed by atoms with Gasteiger partial charge in [0.25, 0.3) is 0 Å². The number of aromatic nitrogens is 1. The molecule has 0 amide bonds. The Morgan fingerprint density at radius 2 is 2.06 bits per heavy atom. The molecule has 2 aromatic rings. The molecular formula is C13H12ClFN2. The number of hydrogen-bond acceptors (Lipinski definition) is 2. The van der Waals surface area contributed by atoms with E-state index in [2.05, 4.69) is 4.98 Å². The number of pyridine rings is 1. The average molecular weight is 251 g/mol. The van der Waals surface area contributed by atoms with Crippen molar-refractivity contribution in [2.75, 3.05) is 0 Å². The molecule has 2 N–H and O–H groups in total. The third-order valence-corrected chi connectivity index (χ3v) is 2.83. The molecular weight excluding hydrogens is 239 g/mol. The van der Waals surface area contributed by atoms with Gasteiger partial charge in [-0.25, -0.2) is 4.39 Å². The molecule has 0 saturated carbocycles. The molecule has 0 fully saturated rings. The molecule has 0 radical (unpaired) electrons. The molecule has 1 atom stereocenters. The Labute approximate surface area is 104 Å². The van der Waals surface area contributed by atoms with Gasteiger partial charge in [-0.15, -0.1) is 0 Å². The van der Waals surface area contributed by atoms with Crippen molar-refractivity contribution in [3.63, 3.8) is 0 Å². The molecule has 4 heteroatoms. The smallest absolute Gasteiger partial charge is 0.146 e. The van der Waals surface area contributed by atoms with Gasteiger partial charge in [0.05, 0.1) is 5.02 Å². The van der Waals surface area contributed by atoms with Gasteiger partial charge in [0.2, 0.25) is 0 Å². The van der Waals surface area contributed by atoms with Crippen LogP contribution in [0, 0.1) is 5.82 Å². The molecule has 1 heterocycles. The van der Waals surface area contributed by atoms with Crippen LogP contribution in [-0.4, -0.2) is 4.98 Å². The van der Waals surface area contributed by atoms with E-state index in [4.69, 9.17) is 17.3 Å². The first-order valence-corrected chi connectivity index (χ1v) is 5.65. The van der Waals surface area contributed by atoms with Crippen molar-refractivity contribution in [3.8, 4) is 0 Å². The van der Waals surface area contributed by atoms with E-state index in [1.165, 1.54) is 6.07 Å². The molecule has 0 spiro atoms. The minimum Gasteiger partial charge on any atom is -0.324 e. The Hall–Kier alpha value is -1.45. The summed E-state index contributed by atoms with van der Waals surface area (Å²) in [5.41, 5.74) is 7.21. The van der Waals surface area contributed by atoms with E-state index in [1.54, 1.807) is 18.3 Å². The van der Waals surface area contributed by atoms with E-state index in [1.807, 2.05) is 18.2 Å². The molecule has 0 aliphatic carbocycles. The standard InChI is InChI=1S/C13H12ClFN2/c14-11-6-3-5-10(13(11)15)12(16)8-9-4-1-2-7-17-9/h1-7,12H,8,16H2. The lowest BCUT2D eigenvalue weighted by atomic mass is 10.0. The predicted molar refractivity (Wildman–Crippen MR) is 66.3 cm³/mol. The van der Waals surface area contributed by atoms with Gasteiger partial charge in [0.1, 0.15) is 5.82 Å². The summed E-state index contributed by atoms with van der Waals surface area (Å²) >= 11 is 5.71. The van der Waals surface area contributed by atoms with Crippen LogP contribution < -0.4 is 5.73 Å². The van der Waals surface area contributed by atoms with Gasteiger partial charge >= 0.3 is 0 Å². The van der Waals surface area contributed by atoms with E-state index in [0.29, 0.717) is 12.0 Å². The predicted octanol–water partition coefficient (Wildman–Crippen LogP) is 3.12. The lowest BCUT2D eigenvalue weighted by Gasteiger charge is -2.13. The number of halogens is 2. The normalized spacial score (nSPS) is 12.4.